The molecule has 8 aliphatic rings. The fraction of sp³-hybridized carbons (Fsp3) is 0.923. The summed E-state index contributed by atoms with van der Waals surface area (Å²) < 4.78 is 0. The Balaban J connectivity index is 0.000000101. The van der Waals surface area contributed by atoms with E-state index >= 15 is 0 Å². The average Bonchev–Trinajstić information content (AvgIpc) is 3.54. The molecule has 0 aromatic carbocycles. The van der Waals surface area contributed by atoms with Crippen molar-refractivity contribution in [2.45, 2.75) is 83.5 Å². The Morgan fingerprint density at radius 1 is 0.655 bits per heavy atom. The molecule has 0 heterocycles. The molecule has 11 unspecified atom stereocenters. The predicted molar refractivity (Wildman–Crippen MR) is 118 cm³/mol. The van der Waals surface area contributed by atoms with Crippen LogP contribution in [0.25, 0.3) is 0 Å². The van der Waals surface area contributed by atoms with Gasteiger partial charge < -0.3 is 0 Å². The van der Waals surface area contributed by atoms with Crippen molar-refractivity contribution in [1.29, 1.82) is 0 Å². The van der Waals surface area contributed by atoms with Crippen LogP contribution in [0.15, 0.2) is 0 Å². The molecule has 8 fully saturated rings. The van der Waals surface area contributed by atoms with E-state index in [1.165, 1.54) is 54.8 Å². The fourth-order valence-electron chi connectivity index (χ4n) is 10.8. The van der Waals surface area contributed by atoms with E-state index < -0.39 is 17.0 Å². The van der Waals surface area contributed by atoms with Crippen molar-refractivity contribution in [3.8, 4) is 0 Å². The van der Waals surface area contributed by atoms with Crippen LogP contribution in [0, 0.1) is 77.4 Å². The van der Waals surface area contributed by atoms with Gasteiger partial charge in [-0.3, -0.25) is 0 Å². The first-order chi connectivity index (χ1) is 14.3. The van der Waals surface area contributed by atoms with Crippen molar-refractivity contribution in [3.05, 3.63) is 12.3 Å². The molecule has 3 heteroatoms. The van der Waals surface area contributed by atoms with E-state index in [9.17, 15) is 0 Å². The molecule has 2 radical (unpaired) electrons. The maximum absolute atomic E-state index is 4.89. The molecule has 8 rings (SSSR count). The van der Waals surface area contributed by atoms with Crippen LogP contribution in [0.2, 0.25) is 0 Å². The number of fused-ring (bicyclic) bond motifs is 14. The second-order valence-corrected chi connectivity index (χ2v) is 14.6. The molecular weight excluding hydrogens is 431 g/mol. The van der Waals surface area contributed by atoms with Crippen LogP contribution in [0.4, 0.5) is 0 Å². The Bertz CT molecular complexity index is 541. The third kappa shape index (κ3) is 3.47. The number of hydrogen-bond acceptors (Lipinski definition) is 0. The van der Waals surface area contributed by atoms with Gasteiger partial charge in [0.2, 0.25) is 0 Å². The Labute approximate surface area is 195 Å². The quantitative estimate of drug-likeness (QED) is 0.315. The van der Waals surface area contributed by atoms with Crippen molar-refractivity contribution < 1.29 is 17.0 Å². The van der Waals surface area contributed by atoms with Gasteiger partial charge in [-0.15, -0.1) is 0 Å². The maximum atomic E-state index is 4.89. The molecular formula is C26H38Cl2Ti. The molecule has 0 N–H and O–H groups in total. The minimum atomic E-state index is -0.556. The molecule has 0 aromatic heterocycles. The van der Waals surface area contributed by atoms with Crippen molar-refractivity contribution in [1.82, 2.24) is 0 Å². The summed E-state index contributed by atoms with van der Waals surface area (Å²) in [6.45, 7) is 0. The second kappa shape index (κ2) is 8.58. The molecule has 11 atom stereocenters. The van der Waals surface area contributed by atoms with Gasteiger partial charge in [-0.25, -0.2) is 0 Å². The topological polar surface area (TPSA) is 0 Å². The van der Waals surface area contributed by atoms with Crippen LogP contribution in [-0.4, -0.2) is 0 Å². The van der Waals surface area contributed by atoms with Crippen LogP contribution in [-0.2, 0) is 17.0 Å². The summed E-state index contributed by atoms with van der Waals surface area (Å²) in [5.41, 5.74) is 0. The van der Waals surface area contributed by atoms with E-state index in [0.717, 1.165) is 29.6 Å². The molecule has 0 nitrogen and oxygen atoms in total. The zero-order valence-corrected chi connectivity index (χ0v) is 20.9. The summed E-state index contributed by atoms with van der Waals surface area (Å²) in [5.74, 6) is 14.8. The normalized spacial score (nSPS) is 54.9. The molecule has 0 amide bonds. The van der Waals surface area contributed by atoms with E-state index in [-0.39, 0.29) is 0 Å². The van der Waals surface area contributed by atoms with Gasteiger partial charge in [0.05, 0.1) is 0 Å². The summed E-state index contributed by atoms with van der Waals surface area (Å²) in [6, 6.07) is 0. The van der Waals surface area contributed by atoms with Crippen LogP contribution in [0.3, 0.4) is 0 Å². The Morgan fingerprint density at radius 3 is 2.10 bits per heavy atom. The summed E-state index contributed by atoms with van der Waals surface area (Å²) in [6.07, 6.45) is 23.0. The monoisotopic (exact) mass is 468 g/mol. The van der Waals surface area contributed by atoms with Crippen LogP contribution >= 0.6 is 18.6 Å². The number of halogens is 2. The van der Waals surface area contributed by atoms with Gasteiger partial charge >= 0.3 is 35.6 Å². The molecule has 0 aliphatic heterocycles. The first-order valence-electron chi connectivity index (χ1n) is 12.9. The van der Waals surface area contributed by atoms with E-state index in [4.69, 9.17) is 18.6 Å². The first kappa shape index (κ1) is 20.9. The third-order valence-corrected chi connectivity index (χ3v) is 11.4. The predicted octanol–water partition coefficient (Wildman–Crippen LogP) is 8.09. The average molecular weight is 469 g/mol. The van der Waals surface area contributed by atoms with Crippen LogP contribution < -0.4 is 0 Å². The summed E-state index contributed by atoms with van der Waals surface area (Å²) in [5, 5.41) is 0. The zero-order chi connectivity index (χ0) is 19.5. The minimum absolute atomic E-state index is 0.556. The van der Waals surface area contributed by atoms with Gasteiger partial charge in [-0.05, 0) is 148 Å². The van der Waals surface area contributed by atoms with Gasteiger partial charge in [0.25, 0.3) is 0 Å². The van der Waals surface area contributed by atoms with Crippen molar-refractivity contribution in [2.75, 3.05) is 0 Å². The first-order valence-corrected chi connectivity index (χ1v) is 17.2. The molecule has 0 aromatic rings. The summed E-state index contributed by atoms with van der Waals surface area (Å²) in [4.78, 5) is 0. The Morgan fingerprint density at radius 2 is 1.31 bits per heavy atom. The molecule has 8 aliphatic carbocycles. The van der Waals surface area contributed by atoms with E-state index in [2.05, 4.69) is 6.42 Å². The Hall–Kier alpha value is 1.29. The Kier molecular flexibility index (Phi) is 6.17. The second-order valence-electron chi connectivity index (χ2n) is 12.0. The molecule has 0 spiro atoms. The SMILES string of the molecule is C1CC2CC3C4CCC(C4)C3C2C1.[CH]1CCC2[C]1CC1C3CCC(C3)C21.[Cl][Ti][Cl]. The molecule has 0 saturated heterocycles. The van der Waals surface area contributed by atoms with Gasteiger partial charge in [-0.2, -0.15) is 0 Å². The van der Waals surface area contributed by atoms with Crippen LogP contribution in [0.1, 0.15) is 83.5 Å². The van der Waals surface area contributed by atoms with Gasteiger partial charge in [0.15, 0.2) is 0 Å². The van der Waals surface area contributed by atoms with E-state index in [0.29, 0.717) is 0 Å². The van der Waals surface area contributed by atoms with Crippen molar-refractivity contribution in [2.24, 2.45) is 65.1 Å². The van der Waals surface area contributed by atoms with E-state index in [1.807, 2.05) is 5.92 Å². The summed E-state index contributed by atoms with van der Waals surface area (Å²) >= 11 is -0.556. The standard InChI is InChI=1S/C13H20.C13H18.2ClH.Ti/c2*1-2-8-7-12-9-4-5-10(6-9)13(12)11(8)3-1;;;/h8-13H,1-7H2;2,9-13H,1,3-7H2;2*1H;/q;;;;+2/p-2. The molecule has 29 heavy (non-hydrogen) atoms. The zero-order valence-electron chi connectivity index (χ0n) is 17.9. The van der Waals surface area contributed by atoms with Crippen molar-refractivity contribution >= 4 is 18.6 Å². The van der Waals surface area contributed by atoms with Gasteiger partial charge in [0.1, 0.15) is 0 Å². The summed E-state index contributed by atoms with van der Waals surface area (Å²) in [7, 11) is 9.78. The third-order valence-electron chi connectivity index (χ3n) is 11.4. The van der Waals surface area contributed by atoms with E-state index in [1.54, 1.807) is 64.2 Å². The van der Waals surface area contributed by atoms with Crippen molar-refractivity contribution in [3.63, 3.8) is 0 Å². The van der Waals surface area contributed by atoms with Gasteiger partial charge in [-0.1, -0.05) is 12.8 Å². The number of hydrogen-bond donors (Lipinski definition) is 0. The molecule has 8 saturated carbocycles. The molecule has 4 bridgehead atoms. The molecule has 160 valence electrons. The van der Waals surface area contributed by atoms with Crippen LogP contribution in [0.5, 0.6) is 0 Å². The number of rotatable bonds is 0. The van der Waals surface area contributed by atoms with Gasteiger partial charge in [0, 0.05) is 0 Å². The fourth-order valence-corrected chi connectivity index (χ4v) is 10.8.